The maximum absolute atomic E-state index is 6.39. The summed E-state index contributed by atoms with van der Waals surface area (Å²) in [6, 6.07) is 4.61. The van der Waals surface area contributed by atoms with Gasteiger partial charge in [0.05, 0.1) is 7.11 Å². The van der Waals surface area contributed by atoms with Crippen molar-refractivity contribution < 1.29 is 4.74 Å². The molecule has 1 aromatic carbocycles. The van der Waals surface area contributed by atoms with Gasteiger partial charge in [0.1, 0.15) is 5.75 Å². The van der Waals surface area contributed by atoms with Gasteiger partial charge in [-0.15, -0.1) is 0 Å². The van der Waals surface area contributed by atoms with Crippen molar-refractivity contribution in [1.82, 2.24) is 4.90 Å². The minimum atomic E-state index is 0.394. The third-order valence-corrected chi connectivity index (χ3v) is 4.44. The molecule has 19 heavy (non-hydrogen) atoms. The molecule has 1 heterocycles. The summed E-state index contributed by atoms with van der Waals surface area (Å²) in [6.45, 7) is 3.89. The van der Waals surface area contributed by atoms with Crippen LogP contribution >= 0.6 is 11.6 Å². The number of benzene rings is 1. The topological polar surface area (TPSA) is 38.5 Å². The molecule has 0 saturated carbocycles. The van der Waals surface area contributed by atoms with Crippen molar-refractivity contribution in [2.24, 2.45) is 11.7 Å². The zero-order chi connectivity index (χ0) is 14.0. The van der Waals surface area contributed by atoms with Gasteiger partial charge in [0.25, 0.3) is 0 Å². The lowest BCUT2D eigenvalue weighted by Gasteiger charge is -2.21. The minimum Gasteiger partial charge on any atom is -0.496 e. The number of hydrogen-bond donors (Lipinski definition) is 1. The summed E-state index contributed by atoms with van der Waals surface area (Å²) < 4.78 is 5.48. The molecule has 2 unspecified atom stereocenters. The van der Waals surface area contributed by atoms with Crippen LogP contribution in [-0.4, -0.2) is 32.1 Å². The number of rotatable bonds is 4. The highest BCUT2D eigenvalue weighted by atomic mass is 35.5. The Morgan fingerprint density at radius 3 is 2.74 bits per heavy atom. The smallest absolute Gasteiger partial charge is 0.123 e. The predicted molar refractivity (Wildman–Crippen MR) is 79.9 cm³/mol. The summed E-state index contributed by atoms with van der Waals surface area (Å²) in [5.41, 5.74) is 8.11. The normalized spacial score (nSPS) is 23.8. The number of ether oxygens (including phenoxy) is 1. The number of nitrogens with two attached hydrogens (primary N) is 1. The Balaban J connectivity index is 2.33. The van der Waals surface area contributed by atoms with E-state index in [4.69, 9.17) is 22.1 Å². The molecule has 0 aromatic heterocycles. The van der Waals surface area contributed by atoms with Crippen molar-refractivity contribution in [3.8, 4) is 5.75 Å². The molecule has 0 spiro atoms. The Kier molecular flexibility index (Phi) is 4.71. The monoisotopic (exact) mass is 282 g/mol. The maximum atomic E-state index is 6.39. The van der Waals surface area contributed by atoms with Crippen LogP contribution < -0.4 is 10.5 Å². The van der Waals surface area contributed by atoms with Crippen LogP contribution in [0.3, 0.4) is 0 Å². The summed E-state index contributed by atoms with van der Waals surface area (Å²) in [6.07, 6.45) is 1.98. The zero-order valence-corrected chi connectivity index (χ0v) is 12.7. The highest BCUT2D eigenvalue weighted by Gasteiger charge is 2.30. The second-order valence-electron chi connectivity index (χ2n) is 5.33. The fourth-order valence-corrected chi connectivity index (χ4v) is 3.37. The van der Waals surface area contributed by atoms with Crippen LogP contribution in [0.5, 0.6) is 5.75 Å². The Bertz CT molecular complexity index is 450. The first-order valence-electron chi connectivity index (χ1n) is 6.87. The molecule has 1 saturated heterocycles. The van der Waals surface area contributed by atoms with Crippen molar-refractivity contribution in [2.45, 2.75) is 25.8 Å². The first-order chi connectivity index (χ1) is 9.10. The molecule has 1 aromatic rings. The van der Waals surface area contributed by atoms with Crippen LogP contribution in [0.15, 0.2) is 12.1 Å². The van der Waals surface area contributed by atoms with Gasteiger partial charge in [-0.3, -0.25) is 4.90 Å². The summed E-state index contributed by atoms with van der Waals surface area (Å²) >= 11 is 6.39. The Labute approximate surface area is 120 Å². The lowest BCUT2D eigenvalue weighted by Crippen LogP contribution is -2.20. The van der Waals surface area contributed by atoms with Crippen LogP contribution in [-0.2, 0) is 6.42 Å². The molecular formula is C15H23ClN2O. The van der Waals surface area contributed by atoms with E-state index in [1.807, 2.05) is 0 Å². The number of nitrogens with zero attached hydrogens (tertiary/aromatic N) is 1. The van der Waals surface area contributed by atoms with Crippen LogP contribution in [0.1, 0.15) is 30.5 Å². The van der Waals surface area contributed by atoms with E-state index in [1.165, 1.54) is 5.56 Å². The predicted octanol–water partition coefficient (Wildman–Crippen LogP) is 2.86. The lowest BCUT2D eigenvalue weighted by molar-refractivity contribution is 0.312. The number of hydrogen-bond acceptors (Lipinski definition) is 3. The van der Waals surface area contributed by atoms with Gasteiger partial charge in [0.15, 0.2) is 0 Å². The first kappa shape index (κ1) is 14.6. The highest BCUT2D eigenvalue weighted by molar-refractivity contribution is 6.31. The fourth-order valence-electron chi connectivity index (χ4n) is 3.01. The average molecular weight is 283 g/mol. The van der Waals surface area contributed by atoms with Gasteiger partial charge < -0.3 is 10.5 Å². The molecule has 0 amide bonds. The molecule has 0 bridgehead atoms. The molecular weight excluding hydrogens is 260 g/mol. The van der Waals surface area contributed by atoms with E-state index in [-0.39, 0.29) is 0 Å². The van der Waals surface area contributed by atoms with Crippen LogP contribution in [0.25, 0.3) is 0 Å². The van der Waals surface area contributed by atoms with E-state index in [0.29, 0.717) is 12.0 Å². The van der Waals surface area contributed by atoms with Crippen molar-refractivity contribution >= 4 is 11.6 Å². The van der Waals surface area contributed by atoms with Crippen molar-refractivity contribution in [2.75, 3.05) is 27.2 Å². The molecule has 3 nitrogen and oxygen atoms in total. The highest BCUT2D eigenvalue weighted by Crippen LogP contribution is 2.38. The third-order valence-electron chi connectivity index (χ3n) is 4.10. The van der Waals surface area contributed by atoms with Gasteiger partial charge in [0.2, 0.25) is 0 Å². The number of methoxy groups -OCH3 is 1. The molecule has 1 aliphatic rings. The second-order valence-corrected chi connectivity index (χ2v) is 5.74. The summed E-state index contributed by atoms with van der Waals surface area (Å²) in [4.78, 5) is 2.36. The molecule has 106 valence electrons. The standard InChI is InChI=1S/C15H23ClN2O/c1-4-12-13(16)6-11(7-15(12)19-3)14-5-10(8-17)9-18(14)2/h6-7,10,14H,4-5,8-9,17H2,1-3H3. The molecule has 1 fully saturated rings. The number of likely N-dealkylation sites (tertiary alicyclic amines) is 1. The second kappa shape index (κ2) is 6.12. The van der Waals surface area contributed by atoms with Crippen LogP contribution in [0.2, 0.25) is 5.02 Å². The zero-order valence-electron chi connectivity index (χ0n) is 11.9. The Morgan fingerprint density at radius 2 is 2.21 bits per heavy atom. The van der Waals surface area contributed by atoms with E-state index < -0.39 is 0 Å². The van der Waals surface area contributed by atoms with Gasteiger partial charge in [-0.05, 0) is 50.0 Å². The van der Waals surface area contributed by atoms with Gasteiger partial charge in [-0.25, -0.2) is 0 Å². The molecule has 2 rings (SSSR count). The lowest BCUT2D eigenvalue weighted by atomic mass is 9.98. The quantitative estimate of drug-likeness (QED) is 0.923. The molecule has 4 heteroatoms. The van der Waals surface area contributed by atoms with Crippen molar-refractivity contribution in [3.63, 3.8) is 0 Å². The van der Waals surface area contributed by atoms with Gasteiger partial charge >= 0.3 is 0 Å². The minimum absolute atomic E-state index is 0.394. The van der Waals surface area contributed by atoms with E-state index >= 15 is 0 Å². The largest absolute Gasteiger partial charge is 0.496 e. The molecule has 2 N–H and O–H groups in total. The first-order valence-corrected chi connectivity index (χ1v) is 7.25. The van der Waals surface area contributed by atoms with Gasteiger partial charge in [-0.2, -0.15) is 0 Å². The van der Waals surface area contributed by atoms with Crippen LogP contribution in [0.4, 0.5) is 0 Å². The van der Waals surface area contributed by atoms with E-state index in [2.05, 4.69) is 31.0 Å². The summed E-state index contributed by atoms with van der Waals surface area (Å²) in [5, 5.41) is 0.807. The Hall–Kier alpha value is -0.770. The molecule has 2 atom stereocenters. The van der Waals surface area contributed by atoms with E-state index in [9.17, 15) is 0 Å². The van der Waals surface area contributed by atoms with Crippen LogP contribution in [0, 0.1) is 5.92 Å². The average Bonchev–Trinajstić information content (AvgIpc) is 2.79. The molecule has 1 aliphatic heterocycles. The third kappa shape index (κ3) is 2.88. The van der Waals surface area contributed by atoms with Gasteiger partial charge in [0, 0.05) is 23.2 Å². The van der Waals surface area contributed by atoms with Crippen molar-refractivity contribution in [1.29, 1.82) is 0 Å². The van der Waals surface area contributed by atoms with Gasteiger partial charge in [-0.1, -0.05) is 18.5 Å². The van der Waals surface area contributed by atoms with E-state index in [1.54, 1.807) is 7.11 Å². The fraction of sp³-hybridized carbons (Fsp3) is 0.600. The SMILES string of the molecule is CCc1c(Cl)cc(C2CC(CN)CN2C)cc1OC. The van der Waals surface area contributed by atoms with E-state index in [0.717, 1.165) is 42.3 Å². The molecule has 0 radical (unpaired) electrons. The van der Waals surface area contributed by atoms with Crippen molar-refractivity contribution in [3.05, 3.63) is 28.3 Å². The molecule has 0 aliphatic carbocycles. The summed E-state index contributed by atoms with van der Waals surface area (Å²) in [7, 11) is 3.85. The maximum Gasteiger partial charge on any atom is 0.123 e. The number of halogens is 1. The summed E-state index contributed by atoms with van der Waals surface area (Å²) in [5.74, 6) is 1.47. The Morgan fingerprint density at radius 1 is 1.47 bits per heavy atom.